The topological polar surface area (TPSA) is 82.5 Å². The molecule has 0 aliphatic heterocycles. The monoisotopic (exact) mass is 461 g/mol. The third-order valence-corrected chi connectivity index (χ3v) is 7.93. The minimum atomic E-state index is -3.71. The minimum Gasteiger partial charge on any atom is -0.493 e. The second-order valence-corrected chi connectivity index (χ2v) is 10.3. The van der Waals surface area contributed by atoms with Gasteiger partial charge in [-0.05, 0) is 48.4 Å². The fourth-order valence-electron chi connectivity index (χ4n) is 3.96. The van der Waals surface area contributed by atoms with Gasteiger partial charge in [0.25, 0.3) is 0 Å². The fraction of sp³-hybridized carbons (Fsp3) is 0.409. The molecule has 1 aromatic carbocycles. The Balaban J connectivity index is 1.53. The molecule has 2 aromatic heterocycles. The molecule has 4 rings (SSSR count). The second-order valence-electron chi connectivity index (χ2n) is 7.57. The molecule has 7 nitrogen and oxygen atoms in total. The van der Waals surface area contributed by atoms with E-state index in [1.54, 1.807) is 20.4 Å². The van der Waals surface area contributed by atoms with Gasteiger partial charge in [-0.2, -0.15) is 5.10 Å². The van der Waals surface area contributed by atoms with Crippen molar-refractivity contribution in [2.45, 2.75) is 43.0 Å². The predicted octanol–water partition coefficient (Wildman–Crippen LogP) is 4.26. The number of aromatic nitrogens is 2. The molecule has 3 aromatic rings. The molecule has 0 radical (unpaired) electrons. The average Bonchev–Trinajstić information content (AvgIpc) is 3.54. The Kier molecular flexibility index (Phi) is 6.64. The zero-order valence-electron chi connectivity index (χ0n) is 17.7. The van der Waals surface area contributed by atoms with E-state index >= 15 is 0 Å². The Morgan fingerprint density at radius 1 is 1.16 bits per heavy atom. The summed E-state index contributed by atoms with van der Waals surface area (Å²) < 4.78 is 41.6. The first-order valence-corrected chi connectivity index (χ1v) is 12.7. The van der Waals surface area contributed by atoms with Crippen LogP contribution in [0.2, 0.25) is 0 Å². The van der Waals surface area contributed by atoms with Crippen molar-refractivity contribution < 1.29 is 17.9 Å². The molecule has 0 unspecified atom stereocenters. The Hall–Kier alpha value is -2.36. The molecular formula is C22H27N3O4S2. The summed E-state index contributed by atoms with van der Waals surface area (Å²) in [6.45, 7) is 0.274. The lowest BCUT2D eigenvalue weighted by Crippen LogP contribution is -2.26. The zero-order valence-corrected chi connectivity index (χ0v) is 19.3. The van der Waals surface area contributed by atoms with Crippen LogP contribution in [0.3, 0.4) is 0 Å². The highest BCUT2D eigenvalue weighted by molar-refractivity contribution is 7.89. The Bertz CT molecular complexity index is 1120. The van der Waals surface area contributed by atoms with Crippen molar-refractivity contribution in [3.63, 3.8) is 0 Å². The van der Waals surface area contributed by atoms with E-state index in [1.807, 2.05) is 40.4 Å². The van der Waals surface area contributed by atoms with E-state index < -0.39 is 10.0 Å². The van der Waals surface area contributed by atoms with Gasteiger partial charge < -0.3 is 9.47 Å². The summed E-state index contributed by atoms with van der Waals surface area (Å²) in [5.41, 5.74) is 1.49. The smallest absolute Gasteiger partial charge is 0.244 e. The Morgan fingerprint density at radius 3 is 2.61 bits per heavy atom. The maximum atomic E-state index is 13.2. The molecule has 2 heterocycles. The number of benzene rings is 1. The van der Waals surface area contributed by atoms with Crippen LogP contribution >= 0.6 is 11.3 Å². The third-order valence-electron chi connectivity index (χ3n) is 5.59. The number of hydrogen-bond acceptors (Lipinski definition) is 6. The molecule has 0 saturated heterocycles. The van der Waals surface area contributed by atoms with Gasteiger partial charge in [-0.3, -0.25) is 4.68 Å². The van der Waals surface area contributed by atoms with Crippen LogP contribution in [0, 0.1) is 0 Å². The van der Waals surface area contributed by atoms with Gasteiger partial charge in [-0.1, -0.05) is 25.0 Å². The van der Waals surface area contributed by atoms with Crippen molar-refractivity contribution in [2.24, 2.45) is 0 Å². The van der Waals surface area contributed by atoms with Crippen molar-refractivity contribution in [1.82, 2.24) is 14.5 Å². The molecule has 1 aliphatic rings. The highest BCUT2D eigenvalue weighted by atomic mass is 32.2. The number of rotatable bonds is 9. The maximum Gasteiger partial charge on any atom is 0.244 e. The molecular weight excluding hydrogens is 434 g/mol. The number of ether oxygens (including phenoxy) is 2. The predicted molar refractivity (Wildman–Crippen MR) is 121 cm³/mol. The van der Waals surface area contributed by atoms with E-state index in [9.17, 15) is 8.42 Å². The lowest BCUT2D eigenvalue weighted by Gasteiger charge is -2.10. The first-order chi connectivity index (χ1) is 15.0. The first kappa shape index (κ1) is 21.9. The van der Waals surface area contributed by atoms with E-state index in [4.69, 9.17) is 9.47 Å². The lowest BCUT2D eigenvalue weighted by atomic mass is 10.1. The normalized spacial score (nSPS) is 14.8. The van der Waals surface area contributed by atoms with Crippen molar-refractivity contribution in [1.29, 1.82) is 0 Å². The summed E-state index contributed by atoms with van der Waals surface area (Å²) in [7, 11) is -0.539. The summed E-state index contributed by atoms with van der Waals surface area (Å²) in [6.07, 6.45) is 6.62. The van der Waals surface area contributed by atoms with Gasteiger partial charge in [-0.15, -0.1) is 11.3 Å². The van der Waals surface area contributed by atoms with E-state index in [1.165, 1.54) is 11.3 Å². The van der Waals surface area contributed by atoms with Gasteiger partial charge in [0.05, 0.1) is 25.1 Å². The minimum absolute atomic E-state index is 0.245. The van der Waals surface area contributed by atoms with E-state index in [2.05, 4.69) is 9.82 Å². The van der Waals surface area contributed by atoms with Crippen molar-refractivity contribution in [3.8, 4) is 22.1 Å². The summed E-state index contributed by atoms with van der Waals surface area (Å²) in [5.74, 6) is 1.27. The standard InChI is InChI=1S/C22H27N3O4S2/c1-28-18-10-9-16(14-19(18)29-2)11-12-23-31(26,27)21-15-25(17-6-3-4-7-17)24-22(21)20-8-5-13-30-20/h5,8-10,13-15,17,23H,3-4,6-7,11-12H2,1-2H3. The second kappa shape index (κ2) is 9.42. The van der Waals surface area contributed by atoms with Crippen molar-refractivity contribution >= 4 is 21.4 Å². The number of methoxy groups -OCH3 is 2. The van der Waals surface area contributed by atoms with E-state index in [0.717, 1.165) is 36.1 Å². The molecule has 1 saturated carbocycles. The summed E-state index contributed by atoms with van der Waals surface area (Å²) in [4.78, 5) is 1.10. The van der Waals surface area contributed by atoms with Crippen LogP contribution in [0.25, 0.3) is 10.6 Å². The summed E-state index contributed by atoms with van der Waals surface area (Å²) >= 11 is 1.50. The van der Waals surface area contributed by atoms with Crippen LogP contribution in [-0.4, -0.2) is 39.0 Å². The lowest BCUT2D eigenvalue weighted by molar-refractivity contribution is 0.354. The number of sulfonamides is 1. The number of hydrogen-bond donors (Lipinski definition) is 1. The molecule has 0 atom stereocenters. The van der Waals surface area contributed by atoms with Gasteiger partial charge in [0.2, 0.25) is 10.0 Å². The van der Waals surface area contributed by atoms with Crippen molar-refractivity contribution in [2.75, 3.05) is 20.8 Å². The van der Waals surface area contributed by atoms with Crippen molar-refractivity contribution in [3.05, 3.63) is 47.5 Å². The van der Waals surface area contributed by atoms with Gasteiger partial charge in [0.1, 0.15) is 10.6 Å². The van der Waals surface area contributed by atoms with Crippen LogP contribution in [0.5, 0.6) is 11.5 Å². The van der Waals surface area contributed by atoms with E-state index in [0.29, 0.717) is 23.6 Å². The van der Waals surface area contributed by atoms with Gasteiger partial charge >= 0.3 is 0 Å². The van der Waals surface area contributed by atoms with Crippen LogP contribution < -0.4 is 14.2 Å². The Morgan fingerprint density at radius 2 is 1.94 bits per heavy atom. The molecule has 0 bridgehead atoms. The average molecular weight is 462 g/mol. The van der Waals surface area contributed by atoms with Crippen LogP contribution in [0.1, 0.15) is 37.3 Å². The molecule has 31 heavy (non-hydrogen) atoms. The molecule has 0 amide bonds. The molecule has 166 valence electrons. The molecule has 0 spiro atoms. The zero-order chi connectivity index (χ0) is 21.8. The summed E-state index contributed by atoms with van der Waals surface area (Å²) in [5, 5.41) is 6.62. The quantitative estimate of drug-likeness (QED) is 0.515. The number of nitrogens with one attached hydrogen (secondary N) is 1. The van der Waals surface area contributed by atoms with Gasteiger partial charge in [-0.25, -0.2) is 13.1 Å². The number of thiophene rings is 1. The van der Waals surface area contributed by atoms with Gasteiger partial charge in [0.15, 0.2) is 11.5 Å². The highest BCUT2D eigenvalue weighted by Gasteiger charge is 2.27. The molecule has 9 heteroatoms. The molecule has 1 N–H and O–H groups in total. The van der Waals surface area contributed by atoms with E-state index in [-0.39, 0.29) is 17.5 Å². The highest BCUT2D eigenvalue weighted by Crippen LogP contribution is 2.34. The Labute approximate surface area is 187 Å². The SMILES string of the molecule is COc1ccc(CCNS(=O)(=O)c2cn(C3CCCC3)nc2-c2cccs2)cc1OC. The van der Waals surface area contributed by atoms with Crippen LogP contribution in [0.4, 0.5) is 0 Å². The summed E-state index contributed by atoms with van der Waals surface area (Å²) in [6, 6.07) is 9.69. The largest absolute Gasteiger partial charge is 0.493 e. The van der Waals surface area contributed by atoms with Gasteiger partial charge in [0, 0.05) is 12.7 Å². The number of nitrogens with zero attached hydrogens (tertiary/aromatic N) is 2. The first-order valence-electron chi connectivity index (χ1n) is 10.4. The molecule has 1 aliphatic carbocycles. The maximum absolute atomic E-state index is 13.2. The van der Waals surface area contributed by atoms with Crippen LogP contribution in [0.15, 0.2) is 46.8 Å². The third kappa shape index (κ3) is 4.78. The van der Waals surface area contributed by atoms with Crippen LogP contribution in [-0.2, 0) is 16.4 Å². The molecule has 1 fully saturated rings. The fourth-order valence-corrected chi connectivity index (χ4v) is 5.92.